The lowest BCUT2D eigenvalue weighted by Gasteiger charge is -2.16. The van der Waals surface area contributed by atoms with Crippen LogP contribution in [-0.4, -0.2) is 15.9 Å². The van der Waals surface area contributed by atoms with Gasteiger partial charge in [0.25, 0.3) is 5.91 Å². The van der Waals surface area contributed by atoms with Gasteiger partial charge in [0.15, 0.2) is 0 Å². The Kier molecular flexibility index (Phi) is 4.21. The second kappa shape index (κ2) is 6.39. The van der Waals surface area contributed by atoms with Gasteiger partial charge in [0.05, 0.1) is 27.8 Å². The van der Waals surface area contributed by atoms with Crippen LogP contribution in [0.25, 0.3) is 10.9 Å². The molecule has 6 heteroatoms. The molecule has 1 aromatic carbocycles. The Balaban J connectivity index is 1.77. The molecule has 0 saturated carbocycles. The Hall–Kier alpha value is -1.98. The largest absolute Gasteiger partial charge is 0.344 e. The van der Waals surface area contributed by atoms with Gasteiger partial charge in [-0.2, -0.15) is 0 Å². The second-order valence-electron chi connectivity index (χ2n) is 6.41. The first kappa shape index (κ1) is 16.5. The Labute approximate surface area is 155 Å². The summed E-state index contributed by atoms with van der Waals surface area (Å²) in [5.41, 5.74) is 4.54. The molecule has 2 heterocycles. The predicted octanol–water partition coefficient (Wildman–Crippen LogP) is 4.63. The first-order chi connectivity index (χ1) is 12.0. The van der Waals surface area contributed by atoms with Gasteiger partial charge in [-0.1, -0.05) is 11.6 Å². The van der Waals surface area contributed by atoms with Gasteiger partial charge in [0.1, 0.15) is 0 Å². The van der Waals surface area contributed by atoms with E-state index in [2.05, 4.69) is 10.3 Å². The third-order valence-electron chi connectivity index (χ3n) is 4.63. The molecule has 0 fully saturated rings. The summed E-state index contributed by atoms with van der Waals surface area (Å²) in [6.07, 6.45) is 2.85. The maximum absolute atomic E-state index is 13.1. The maximum Gasteiger partial charge on any atom is 0.252 e. The van der Waals surface area contributed by atoms with Gasteiger partial charge >= 0.3 is 0 Å². The number of benzene rings is 1. The van der Waals surface area contributed by atoms with Crippen molar-refractivity contribution in [3.63, 3.8) is 0 Å². The van der Waals surface area contributed by atoms with Gasteiger partial charge in [-0.25, -0.2) is 4.98 Å². The number of thiazole rings is 1. The molecule has 1 atom stereocenters. The number of nitrogens with one attached hydrogen (secondary N) is 1. The third-order valence-corrected chi connectivity index (χ3v) is 5.66. The van der Waals surface area contributed by atoms with Crippen molar-refractivity contribution in [3.8, 4) is 0 Å². The van der Waals surface area contributed by atoms with E-state index < -0.39 is 0 Å². The van der Waals surface area contributed by atoms with E-state index in [1.54, 1.807) is 11.3 Å². The Bertz CT molecular complexity index is 982. The van der Waals surface area contributed by atoms with Crippen molar-refractivity contribution in [2.45, 2.75) is 39.2 Å². The molecule has 0 aliphatic heterocycles. The molecule has 1 amide bonds. The van der Waals surface area contributed by atoms with Crippen LogP contribution in [0.1, 0.15) is 51.7 Å². The number of amides is 1. The molecule has 0 bridgehead atoms. The minimum Gasteiger partial charge on any atom is -0.344 e. The van der Waals surface area contributed by atoms with E-state index >= 15 is 0 Å². The van der Waals surface area contributed by atoms with Crippen LogP contribution in [0.5, 0.6) is 0 Å². The molecular weight excluding hydrogens is 354 g/mol. The number of hydrogen-bond acceptors (Lipinski definition) is 4. The number of rotatable bonds is 3. The highest BCUT2D eigenvalue weighted by molar-refractivity contribution is 7.09. The number of nitrogens with zero attached hydrogens (tertiary/aromatic N) is 2. The number of aromatic nitrogens is 2. The quantitative estimate of drug-likeness (QED) is 0.730. The van der Waals surface area contributed by atoms with Crippen molar-refractivity contribution in [3.05, 3.63) is 56.1 Å². The molecule has 4 rings (SSSR count). The van der Waals surface area contributed by atoms with E-state index in [1.165, 1.54) is 0 Å². The topological polar surface area (TPSA) is 54.9 Å². The summed E-state index contributed by atoms with van der Waals surface area (Å²) in [4.78, 5) is 22.3. The first-order valence-electron chi connectivity index (χ1n) is 8.37. The molecule has 1 unspecified atom stereocenters. The highest BCUT2D eigenvalue weighted by Crippen LogP contribution is 2.32. The van der Waals surface area contributed by atoms with Crippen molar-refractivity contribution in [1.82, 2.24) is 15.3 Å². The number of aryl methyl sites for hydroxylation is 2. The van der Waals surface area contributed by atoms with E-state index in [9.17, 15) is 4.79 Å². The summed E-state index contributed by atoms with van der Waals surface area (Å²) in [6.45, 7) is 3.93. The van der Waals surface area contributed by atoms with E-state index in [1.807, 2.05) is 37.4 Å². The minimum atomic E-state index is -0.142. The average molecular weight is 372 g/mol. The number of pyridine rings is 1. The summed E-state index contributed by atoms with van der Waals surface area (Å²) in [6, 6.07) is 5.41. The molecule has 0 saturated heterocycles. The lowest BCUT2D eigenvalue weighted by atomic mass is 10.00. The molecule has 1 aliphatic carbocycles. The van der Waals surface area contributed by atoms with Crippen LogP contribution in [0.3, 0.4) is 0 Å². The maximum atomic E-state index is 13.1. The monoisotopic (exact) mass is 371 g/mol. The average Bonchev–Trinajstić information content (AvgIpc) is 3.21. The van der Waals surface area contributed by atoms with Crippen LogP contribution in [0.4, 0.5) is 0 Å². The molecule has 3 aromatic rings. The number of fused-ring (bicyclic) bond motifs is 2. The lowest BCUT2D eigenvalue weighted by Crippen LogP contribution is -2.28. The third kappa shape index (κ3) is 3.02. The summed E-state index contributed by atoms with van der Waals surface area (Å²) >= 11 is 7.77. The Morgan fingerprint density at radius 2 is 2.16 bits per heavy atom. The predicted molar refractivity (Wildman–Crippen MR) is 102 cm³/mol. The lowest BCUT2D eigenvalue weighted by molar-refractivity contribution is 0.0940. The molecule has 4 nitrogen and oxygen atoms in total. The van der Waals surface area contributed by atoms with E-state index in [4.69, 9.17) is 16.6 Å². The van der Waals surface area contributed by atoms with Crippen LogP contribution in [-0.2, 0) is 12.8 Å². The second-order valence-corrected chi connectivity index (χ2v) is 7.91. The van der Waals surface area contributed by atoms with E-state index in [-0.39, 0.29) is 11.9 Å². The van der Waals surface area contributed by atoms with Crippen LogP contribution in [0.15, 0.2) is 23.6 Å². The van der Waals surface area contributed by atoms with Crippen LogP contribution < -0.4 is 5.32 Å². The van der Waals surface area contributed by atoms with Crippen LogP contribution >= 0.6 is 22.9 Å². The molecule has 0 radical (unpaired) electrons. The molecule has 1 aliphatic rings. The van der Waals surface area contributed by atoms with Gasteiger partial charge in [0.2, 0.25) is 0 Å². The molecule has 128 valence electrons. The standard InChI is InChI=1S/C19H18ClN3OS/c1-10(17-9-25-11(2)22-17)21-19(24)18-13-4-3-5-15(13)23-16-7-6-12(20)8-14(16)18/h6-10H,3-5H2,1-2H3,(H,21,24). The smallest absolute Gasteiger partial charge is 0.252 e. The normalized spacial score (nSPS) is 14.5. The minimum absolute atomic E-state index is 0.0778. The highest BCUT2D eigenvalue weighted by Gasteiger charge is 2.25. The number of hydrogen-bond donors (Lipinski definition) is 1. The van der Waals surface area contributed by atoms with Crippen molar-refractivity contribution in [1.29, 1.82) is 0 Å². The molecule has 2 aromatic heterocycles. The van der Waals surface area contributed by atoms with Gasteiger partial charge < -0.3 is 5.32 Å². The summed E-state index contributed by atoms with van der Waals surface area (Å²) in [5, 5.41) is 7.53. The number of carbonyl (C=O) groups is 1. The van der Waals surface area contributed by atoms with Crippen molar-refractivity contribution >= 4 is 39.7 Å². The molecule has 0 spiro atoms. The fraction of sp³-hybridized carbons (Fsp3) is 0.316. The fourth-order valence-corrected chi connectivity index (χ4v) is 4.29. The van der Waals surface area contributed by atoms with Gasteiger partial charge in [0, 0.05) is 21.5 Å². The highest BCUT2D eigenvalue weighted by atomic mass is 35.5. The number of halogens is 1. The SMILES string of the molecule is Cc1nc(C(C)NC(=O)c2c3c(nc4ccc(Cl)cc24)CCC3)cs1. The van der Waals surface area contributed by atoms with Crippen molar-refractivity contribution in [2.75, 3.05) is 0 Å². The van der Waals surface area contributed by atoms with E-state index in [0.29, 0.717) is 5.02 Å². The van der Waals surface area contributed by atoms with Crippen LogP contribution in [0, 0.1) is 6.92 Å². The summed E-state index contributed by atoms with van der Waals surface area (Å²) < 4.78 is 0. The Morgan fingerprint density at radius 3 is 2.92 bits per heavy atom. The Morgan fingerprint density at radius 1 is 1.32 bits per heavy atom. The first-order valence-corrected chi connectivity index (χ1v) is 9.62. The van der Waals surface area contributed by atoms with Crippen molar-refractivity contribution < 1.29 is 4.79 Å². The zero-order chi connectivity index (χ0) is 17.6. The van der Waals surface area contributed by atoms with Gasteiger partial charge in [-0.05, 0) is 56.9 Å². The van der Waals surface area contributed by atoms with Gasteiger partial charge in [-0.15, -0.1) is 11.3 Å². The summed E-state index contributed by atoms with van der Waals surface area (Å²) in [5.74, 6) is -0.0778. The van der Waals surface area contributed by atoms with E-state index in [0.717, 1.165) is 57.7 Å². The van der Waals surface area contributed by atoms with Crippen LogP contribution in [0.2, 0.25) is 5.02 Å². The molecule has 1 N–H and O–H groups in total. The fourth-order valence-electron chi connectivity index (χ4n) is 3.42. The van der Waals surface area contributed by atoms with Crippen molar-refractivity contribution in [2.24, 2.45) is 0 Å². The zero-order valence-corrected chi connectivity index (χ0v) is 15.7. The molecule has 25 heavy (non-hydrogen) atoms. The molecular formula is C19H18ClN3OS. The summed E-state index contributed by atoms with van der Waals surface area (Å²) in [7, 11) is 0. The number of carbonyl (C=O) groups excluding carboxylic acids is 1. The van der Waals surface area contributed by atoms with Gasteiger partial charge in [-0.3, -0.25) is 9.78 Å². The zero-order valence-electron chi connectivity index (χ0n) is 14.1.